The van der Waals surface area contributed by atoms with E-state index in [-0.39, 0.29) is 5.75 Å². The van der Waals surface area contributed by atoms with E-state index in [0.717, 1.165) is 10.8 Å². The molecule has 2 heteroatoms. The molecule has 0 bridgehead atoms. The molecule has 0 unspecified atom stereocenters. The van der Waals surface area contributed by atoms with Crippen LogP contribution in [0.2, 0.25) is 0 Å². The molecule has 0 spiro atoms. The van der Waals surface area contributed by atoms with Gasteiger partial charge in [0.1, 0.15) is 0 Å². The quantitative estimate of drug-likeness (QED) is 0.598. The lowest BCUT2D eigenvalue weighted by molar-refractivity contribution is -0.928. The van der Waals surface area contributed by atoms with E-state index in [1.807, 2.05) is 30.3 Å². The van der Waals surface area contributed by atoms with Gasteiger partial charge < -0.3 is 9.59 Å². The van der Waals surface area contributed by atoms with Crippen LogP contribution in [0.1, 0.15) is 53.4 Å². The zero-order valence-electron chi connectivity index (χ0n) is 16.1. The van der Waals surface area contributed by atoms with Crippen molar-refractivity contribution in [2.45, 2.75) is 53.4 Å². The van der Waals surface area contributed by atoms with Crippen LogP contribution in [0.4, 0.5) is 0 Å². The van der Waals surface area contributed by atoms with Crippen LogP contribution in [0.25, 0.3) is 10.8 Å². The third-order valence-electron chi connectivity index (χ3n) is 4.51. The highest BCUT2D eigenvalue weighted by molar-refractivity contribution is 5.83. The van der Waals surface area contributed by atoms with E-state index in [4.69, 9.17) is 0 Å². The Bertz CT molecular complexity index is 549. The molecular formula is C22H35NO. The third kappa shape index (κ3) is 6.52. The summed E-state index contributed by atoms with van der Waals surface area (Å²) in [5, 5.41) is 13.0. The molecule has 134 valence electrons. The molecule has 0 aromatic heterocycles. The number of benzene rings is 2. The summed E-state index contributed by atoms with van der Waals surface area (Å²) in [7, 11) is 0. The van der Waals surface area contributed by atoms with Gasteiger partial charge in [0.2, 0.25) is 0 Å². The Balaban J connectivity index is 0.000000242. The number of nitrogens with zero attached hydrogens (tertiary/aromatic N) is 1. The number of rotatable bonds is 8. The Kier molecular flexibility index (Phi) is 9.48. The molecule has 0 aliphatic rings. The smallest absolute Gasteiger partial charge is 0.0783 e. The standard InChI is InChI=1S/C12H28N.C10H8O/c1-5-9-13(10-6-2,11-7-3)12-8-4;11-10-6-5-8-3-1-2-4-9(8)7-10/h5-12H2,1-4H3;1-7,11H/q+1;/p-1. The molecule has 0 aliphatic carbocycles. The Hall–Kier alpha value is -1.54. The first-order valence-electron chi connectivity index (χ1n) is 9.61. The Morgan fingerprint density at radius 2 is 1.12 bits per heavy atom. The molecule has 2 aromatic carbocycles. The number of quaternary nitrogens is 1. The fraction of sp³-hybridized carbons (Fsp3) is 0.545. The molecule has 0 atom stereocenters. The van der Waals surface area contributed by atoms with Gasteiger partial charge >= 0.3 is 0 Å². The van der Waals surface area contributed by atoms with E-state index in [1.165, 1.54) is 56.3 Å². The summed E-state index contributed by atoms with van der Waals surface area (Å²) in [4.78, 5) is 0. The molecule has 0 fully saturated rings. The average molecular weight is 330 g/mol. The highest BCUT2D eigenvalue weighted by Gasteiger charge is 2.22. The van der Waals surface area contributed by atoms with Crippen LogP contribution in [0.3, 0.4) is 0 Å². The van der Waals surface area contributed by atoms with Gasteiger partial charge in [-0.05, 0) is 36.5 Å². The van der Waals surface area contributed by atoms with Crippen LogP contribution in [-0.4, -0.2) is 30.7 Å². The van der Waals surface area contributed by atoms with Crippen LogP contribution in [-0.2, 0) is 0 Å². The van der Waals surface area contributed by atoms with Crippen LogP contribution in [0.15, 0.2) is 42.5 Å². The predicted molar refractivity (Wildman–Crippen MR) is 104 cm³/mol. The van der Waals surface area contributed by atoms with Gasteiger partial charge in [0.25, 0.3) is 0 Å². The SMILES string of the molecule is CCC[N+](CCC)(CCC)CCC.[O-]c1ccc2ccccc2c1. The first kappa shape index (κ1) is 20.5. The molecule has 0 saturated carbocycles. The fourth-order valence-electron chi connectivity index (χ4n) is 3.74. The van der Waals surface area contributed by atoms with Crippen molar-refractivity contribution in [3.05, 3.63) is 42.5 Å². The minimum Gasteiger partial charge on any atom is -0.872 e. The molecule has 0 radical (unpaired) electrons. The molecule has 0 aliphatic heterocycles. The largest absolute Gasteiger partial charge is 0.872 e. The first-order chi connectivity index (χ1) is 11.6. The molecule has 2 rings (SSSR count). The zero-order valence-corrected chi connectivity index (χ0v) is 16.1. The summed E-state index contributed by atoms with van der Waals surface area (Å²) in [6.07, 6.45) is 5.33. The summed E-state index contributed by atoms with van der Waals surface area (Å²) >= 11 is 0. The maximum absolute atomic E-state index is 10.9. The van der Waals surface area contributed by atoms with Crippen LogP contribution >= 0.6 is 0 Å². The van der Waals surface area contributed by atoms with Crippen LogP contribution < -0.4 is 5.11 Å². The van der Waals surface area contributed by atoms with Gasteiger partial charge in [-0.2, -0.15) is 0 Å². The van der Waals surface area contributed by atoms with Gasteiger partial charge in [-0.25, -0.2) is 0 Å². The molecule has 24 heavy (non-hydrogen) atoms. The third-order valence-corrected chi connectivity index (χ3v) is 4.51. The first-order valence-corrected chi connectivity index (χ1v) is 9.61. The second kappa shape index (κ2) is 11.1. The average Bonchev–Trinajstić information content (AvgIpc) is 2.56. The summed E-state index contributed by atoms with van der Waals surface area (Å²) < 4.78 is 1.38. The van der Waals surface area contributed by atoms with E-state index in [0.29, 0.717) is 0 Å². The van der Waals surface area contributed by atoms with E-state index in [9.17, 15) is 5.11 Å². The van der Waals surface area contributed by atoms with E-state index < -0.39 is 0 Å². The summed E-state index contributed by atoms with van der Waals surface area (Å²) in [5.74, 6) is 0.0729. The minimum atomic E-state index is 0.0729. The minimum absolute atomic E-state index is 0.0729. The zero-order chi connectivity index (χ0) is 17.8. The van der Waals surface area contributed by atoms with Crippen molar-refractivity contribution in [3.8, 4) is 5.75 Å². The van der Waals surface area contributed by atoms with Gasteiger partial charge in [0.15, 0.2) is 0 Å². The van der Waals surface area contributed by atoms with Crippen LogP contribution in [0.5, 0.6) is 5.75 Å². The maximum atomic E-state index is 10.9. The lowest BCUT2D eigenvalue weighted by Gasteiger charge is -2.38. The van der Waals surface area contributed by atoms with Crippen molar-refractivity contribution in [2.24, 2.45) is 0 Å². The maximum Gasteiger partial charge on any atom is 0.0783 e. The second-order valence-electron chi connectivity index (χ2n) is 6.75. The molecule has 0 heterocycles. The van der Waals surface area contributed by atoms with Crippen molar-refractivity contribution < 1.29 is 9.59 Å². The van der Waals surface area contributed by atoms with Crippen molar-refractivity contribution in [1.29, 1.82) is 0 Å². The lowest BCUT2D eigenvalue weighted by atomic mass is 10.1. The van der Waals surface area contributed by atoms with E-state index in [1.54, 1.807) is 12.1 Å². The Morgan fingerprint density at radius 1 is 0.667 bits per heavy atom. The monoisotopic (exact) mass is 329 g/mol. The highest BCUT2D eigenvalue weighted by atomic mass is 16.3. The summed E-state index contributed by atoms with van der Waals surface area (Å²) in [5.41, 5.74) is 0. The highest BCUT2D eigenvalue weighted by Crippen LogP contribution is 2.17. The van der Waals surface area contributed by atoms with Crippen molar-refractivity contribution >= 4 is 10.8 Å². The summed E-state index contributed by atoms with van der Waals surface area (Å²) in [6.45, 7) is 14.8. The molecular weight excluding hydrogens is 294 g/mol. The van der Waals surface area contributed by atoms with Gasteiger partial charge in [-0.1, -0.05) is 70.2 Å². The van der Waals surface area contributed by atoms with E-state index >= 15 is 0 Å². The van der Waals surface area contributed by atoms with Crippen LogP contribution in [0, 0.1) is 0 Å². The number of hydrogen-bond acceptors (Lipinski definition) is 1. The number of fused-ring (bicyclic) bond motifs is 1. The van der Waals surface area contributed by atoms with Crippen molar-refractivity contribution in [1.82, 2.24) is 0 Å². The molecule has 0 amide bonds. The molecule has 2 nitrogen and oxygen atoms in total. The van der Waals surface area contributed by atoms with Gasteiger partial charge in [-0.3, -0.25) is 0 Å². The molecule has 0 saturated heterocycles. The normalized spacial score (nSPS) is 11.2. The second-order valence-corrected chi connectivity index (χ2v) is 6.75. The molecule has 2 aromatic rings. The van der Waals surface area contributed by atoms with Gasteiger partial charge in [-0.15, -0.1) is 5.75 Å². The Labute approximate surface area is 148 Å². The van der Waals surface area contributed by atoms with Crippen molar-refractivity contribution in [2.75, 3.05) is 26.2 Å². The van der Waals surface area contributed by atoms with Gasteiger partial charge in [0.05, 0.1) is 26.2 Å². The van der Waals surface area contributed by atoms with E-state index in [2.05, 4.69) is 27.7 Å². The molecule has 0 N–H and O–H groups in total. The number of hydrogen-bond donors (Lipinski definition) is 0. The fourth-order valence-corrected chi connectivity index (χ4v) is 3.74. The lowest BCUT2D eigenvalue weighted by Crippen LogP contribution is -2.50. The van der Waals surface area contributed by atoms with Gasteiger partial charge in [0, 0.05) is 0 Å². The van der Waals surface area contributed by atoms with Crippen molar-refractivity contribution in [3.63, 3.8) is 0 Å². The predicted octanol–water partition coefficient (Wildman–Crippen LogP) is 5.36. The summed E-state index contributed by atoms with van der Waals surface area (Å²) in [6, 6.07) is 12.9. The Morgan fingerprint density at radius 3 is 1.58 bits per heavy atom. The topological polar surface area (TPSA) is 23.1 Å².